The SMILES string of the molecule is Cc1cc(C)n(Cc2ccc(C(=O)NN=Cc3ccc(N(C)C)cc3)cc2)n1. The van der Waals surface area contributed by atoms with Gasteiger partial charge in [0.05, 0.1) is 18.5 Å². The van der Waals surface area contributed by atoms with Gasteiger partial charge in [-0.05, 0) is 55.3 Å². The third-order valence-electron chi connectivity index (χ3n) is 4.44. The quantitative estimate of drug-likeness (QED) is 0.531. The Morgan fingerprint density at radius 2 is 1.79 bits per heavy atom. The number of aryl methyl sites for hydroxylation is 2. The maximum atomic E-state index is 12.3. The summed E-state index contributed by atoms with van der Waals surface area (Å²) in [6.45, 7) is 4.70. The summed E-state index contributed by atoms with van der Waals surface area (Å²) < 4.78 is 1.95. The molecule has 144 valence electrons. The molecule has 28 heavy (non-hydrogen) atoms. The lowest BCUT2D eigenvalue weighted by Gasteiger charge is -2.11. The molecule has 0 unspecified atom stereocenters. The highest BCUT2D eigenvalue weighted by Gasteiger charge is 2.06. The van der Waals surface area contributed by atoms with Gasteiger partial charge in [0.2, 0.25) is 0 Å². The number of hydrogen-bond acceptors (Lipinski definition) is 4. The number of hydrazone groups is 1. The Kier molecular flexibility index (Phi) is 5.89. The van der Waals surface area contributed by atoms with E-state index in [1.807, 2.05) is 80.0 Å². The predicted octanol–water partition coefficient (Wildman–Crippen LogP) is 3.38. The van der Waals surface area contributed by atoms with Gasteiger partial charge in [-0.1, -0.05) is 24.3 Å². The highest BCUT2D eigenvalue weighted by atomic mass is 16.2. The monoisotopic (exact) mass is 375 g/mol. The Bertz CT molecular complexity index is 969. The zero-order valence-electron chi connectivity index (χ0n) is 16.7. The van der Waals surface area contributed by atoms with Gasteiger partial charge >= 0.3 is 0 Å². The van der Waals surface area contributed by atoms with Gasteiger partial charge < -0.3 is 4.90 Å². The molecule has 0 spiro atoms. The average molecular weight is 375 g/mol. The average Bonchev–Trinajstić information content (AvgIpc) is 2.99. The molecule has 0 atom stereocenters. The van der Waals surface area contributed by atoms with E-state index < -0.39 is 0 Å². The number of nitrogens with one attached hydrogen (secondary N) is 1. The van der Waals surface area contributed by atoms with Gasteiger partial charge in [0.15, 0.2) is 0 Å². The van der Waals surface area contributed by atoms with Crippen LogP contribution in [0.4, 0.5) is 5.69 Å². The number of nitrogens with zero attached hydrogens (tertiary/aromatic N) is 4. The third-order valence-corrected chi connectivity index (χ3v) is 4.44. The van der Waals surface area contributed by atoms with Crippen molar-refractivity contribution in [2.45, 2.75) is 20.4 Å². The van der Waals surface area contributed by atoms with Crippen molar-refractivity contribution in [1.82, 2.24) is 15.2 Å². The number of carbonyl (C=O) groups is 1. The van der Waals surface area contributed by atoms with Gasteiger partial charge in [-0.2, -0.15) is 10.2 Å². The second-order valence-electron chi connectivity index (χ2n) is 6.97. The van der Waals surface area contributed by atoms with Crippen LogP contribution in [0.3, 0.4) is 0 Å². The molecule has 0 aliphatic rings. The van der Waals surface area contributed by atoms with E-state index in [1.54, 1.807) is 18.3 Å². The molecular formula is C22H25N5O. The van der Waals surface area contributed by atoms with Crippen molar-refractivity contribution < 1.29 is 4.79 Å². The lowest BCUT2D eigenvalue weighted by atomic mass is 10.1. The smallest absolute Gasteiger partial charge is 0.271 e. The van der Waals surface area contributed by atoms with E-state index in [1.165, 1.54) is 0 Å². The minimum Gasteiger partial charge on any atom is -0.378 e. The first-order valence-electron chi connectivity index (χ1n) is 9.13. The number of carbonyl (C=O) groups excluding carboxylic acids is 1. The van der Waals surface area contributed by atoms with E-state index in [-0.39, 0.29) is 5.91 Å². The molecular weight excluding hydrogens is 350 g/mol. The van der Waals surface area contributed by atoms with Crippen molar-refractivity contribution in [2.24, 2.45) is 5.10 Å². The molecule has 1 aromatic heterocycles. The Morgan fingerprint density at radius 1 is 1.11 bits per heavy atom. The molecule has 1 heterocycles. The number of rotatable bonds is 6. The van der Waals surface area contributed by atoms with Crippen LogP contribution in [0.15, 0.2) is 59.7 Å². The van der Waals surface area contributed by atoms with Gasteiger partial charge in [0.25, 0.3) is 5.91 Å². The zero-order chi connectivity index (χ0) is 20.1. The summed E-state index contributed by atoms with van der Waals surface area (Å²) in [4.78, 5) is 14.3. The van der Waals surface area contributed by atoms with E-state index >= 15 is 0 Å². The number of hydrogen-bond donors (Lipinski definition) is 1. The van der Waals surface area contributed by atoms with Gasteiger partial charge in [0, 0.05) is 31.0 Å². The third kappa shape index (κ3) is 4.85. The van der Waals surface area contributed by atoms with Crippen LogP contribution < -0.4 is 10.3 Å². The Balaban J connectivity index is 1.57. The van der Waals surface area contributed by atoms with Crippen LogP contribution in [0.2, 0.25) is 0 Å². The van der Waals surface area contributed by atoms with Crippen LogP contribution in [-0.4, -0.2) is 36.0 Å². The number of benzene rings is 2. The van der Waals surface area contributed by atoms with Crippen LogP contribution in [-0.2, 0) is 6.54 Å². The minimum atomic E-state index is -0.237. The minimum absolute atomic E-state index is 0.237. The largest absolute Gasteiger partial charge is 0.378 e. The standard InChI is InChI=1S/C22H25N5O/c1-16-13-17(2)27(25-16)15-19-5-9-20(10-6-19)22(28)24-23-14-18-7-11-21(12-8-18)26(3)4/h5-14H,15H2,1-4H3,(H,24,28). The molecule has 0 radical (unpaired) electrons. The van der Waals surface area contributed by atoms with Crippen molar-refractivity contribution in [3.8, 4) is 0 Å². The van der Waals surface area contributed by atoms with Gasteiger partial charge in [-0.3, -0.25) is 9.48 Å². The maximum Gasteiger partial charge on any atom is 0.271 e. The van der Waals surface area contributed by atoms with Crippen molar-refractivity contribution >= 4 is 17.8 Å². The van der Waals surface area contributed by atoms with E-state index in [2.05, 4.69) is 15.6 Å². The molecule has 0 aliphatic heterocycles. The lowest BCUT2D eigenvalue weighted by Crippen LogP contribution is -2.17. The van der Waals surface area contributed by atoms with Crippen LogP contribution in [0, 0.1) is 13.8 Å². The van der Waals surface area contributed by atoms with Gasteiger partial charge in [0.1, 0.15) is 0 Å². The lowest BCUT2D eigenvalue weighted by molar-refractivity contribution is 0.0955. The normalized spacial score (nSPS) is 11.0. The van der Waals surface area contributed by atoms with E-state index in [0.717, 1.165) is 28.2 Å². The first-order valence-corrected chi connectivity index (χ1v) is 9.13. The summed E-state index contributed by atoms with van der Waals surface area (Å²) in [5, 5.41) is 8.51. The molecule has 3 rings (SSSR count). The Hall–Kier alpha value is -3.41. The predicted molar refractivity (Wildman–Crippen MR) is 113 cm³/mol. The fourth-order valence-electron chi connectivity index (χ4n) is 2.86. The highest BCUT2D eigenvalue weighted by Crippen LogP contribution is 2.11. The topological polar surface area (TPSA) is 62.5 Å². The summed E-state index contributed by atoms with van der Waals surface area (Å²) >= 11 is 0. The number of aromatic nitrogens is 2. The second kappa shape index (κ2) is 8.52. The van der Waals surface area contributed by atoms with Crippen molar-refractivity contribution in [3.05, 3.63) is 82.7 Å². The van der Waals surface area contributed by atoms with Crippen LogP contribution in [0.25, 0.3) is 0 Å². The fourth-order valence-corrected chi connectivity index (χ4v) is 2.86. The molecule has 6 nitrogen and oxygen atoms in total. The van der Waals surface area contributed by atoms with Crippen LogP contribution >= 0.6 is 0 Å². The molecule has 0 aliphatic carbocycles. The maximum absolute atomic E-state index is 12.3. The van der Waals surface area contributed by atoms with E-state index in [9.17, 15) is 4.79 Å². The van der Waals surface area contributed by atoms with Crippen molar-refractivity contribution in [3.63, 3.8) is 0 Å². The van der Waals surface area contributed by atoms with Gasteiger partial charge in [-0.25, -0.2) is 5.43 Å². The zero-order valence-corrected chi connectivity index (χ0v) is 16.7. The molecule has 0 bridgehead atoms. The molecule has 2 aromatic carbocycles. The molecule has 0 fully saturated rings. The first kappa shape index (κ1) is 19.4. The van der Waals surface area contributed by atoms with Crippen molar-refractivity contribution in [1.29, 1.82) is 0 Å². The number of amides is 1. The van der Waals surface area contributed by atoms with Crippen molar-refractivity contribution in [2.75, 3.05) is 19.0 Å². The summed E-state index contributed by atoms with van der Waals surface area (Å²) in [6, 6.07) is 17.5. The van der Waals surface area contributed by atoms with E-state index in [4.69, 9.17) is 0 Å². The summed E-state index contributed by atoms with van der Waals surface area (Å²) in [7, 11) is 3.98. The van der Waals surface area contributed by atoms with Crippen LogP contribution in [0.1, 0.15) is 32.9 Å². The van der Waals surface area contributed by atoms with E-state index in [0.29, 0.717) is 12.1 Å². The fraction of sp³-hybridized carbons (Fsp3) is 0.227. The Morgan fingerprint density at radius 3 is 2.36 bits per heavy atom. The molecule has 1 N–H and O–H groups in total. The molecule has 6 heteroatoms. The molecule has 1 amide bonds. The van der Waals surface area contributed by atoms with Gasteiger partial charge in [-0.15, -0.1) is 0 Å². The molecule has 0 saturated carbocycles. The molecule has 3 aromatic rings. The summed E-state index contributed by atoms with van der Waals surface area (Å²) in [5.41, 5.74) is 8.38. The number of anilines is 1. The summed E-state index contributed by atoms with van der Waals surface area (Å²) in [6.07, 6.45) is 1.63. The second-order valence-corrected chi connectivity index (χ2v) is 6.97. The first-order chi connectivity index (χ1) is 13.4. The van der Waals surface area contributed by atoms with Crippen LogP contribution in [0.5, 0.6) is 0 Å². The summed E-state index contributed by atoms with van der Waals surface area (Å²) in [5.74, 6) is -0.237. The Labute approximate surface area is 165 Å². The highest BCUT2D eigenvalue weighted by molar-refractivity contribution is 5.94. The molecule has 0 saturated heterocycles.